The number of thiophene rings is 1. The molecular weight excluding hydrogens is 330 g/mol. The molecule has 0 aromatic carbocycles. The lowest BCUT2D eigenvalue weighted by Gasteiger charge is -2.49. The summed E-state index contributed by atoms with van der Waals surface area (Å²) < 4.78 is 5.93. The Labute approximate surface area is 142 Å². The molecule has 1 amide bonds. The standard InChI is InChI=1S/C16H17N3O2S2/c20-15-19(13-7-11(8-23-13)14-17-3-6-22-14)10-16(21-15)9-18-4-1-12(16)2-5-18/h3,6-8,12H,1-2,4-5,9-10H2. The Morgan fingerprint density at radius 3 is 2.83 bits per heavy atom. The highest BCUT2D eigenvalue weighted by atomic mass is 32.1. The number of nitrogens with zero attached hydrogens (tertiary/aromatic N) is 3. The van der Waals surface area contributed by atoms with Crippen molar-refractivity contribution in [3.63, 3.8) is 0 Å². The van der Waals surface area contributed by atoms with Crippen LogP contribution in [0.2, 0.25) is 0 Å². The quantitative estimate of drug-likeness (QED) is 0.836. The molecule has 120 valence electrons. The van der Waals surface area contributed by atoms with Crippen LogP contribution in [0.5, 0.6) is 0 Å². The molecule has 2 aromatic heterocycles. The number of ether oxygens (including phenoxy) is 1. The lowest BCUT2D eigenvalue weighted by Crippen LogP contribution is -2.61. The first-order valence-electron chi connectivity index (χ1n) is 7.95. The monoisotopic (exact) mass is 347 g/mol. The average Bonchev–Trinajstić information content (AvgIpc) is 3.28. The van der Waals surface area contributed by atoms with Crippen molar-refractivity contribution in [1.29, 1.82) is 0 Å². The van der Waals surface area contributed by atoms with Crippen molar-refractivity contribution < 1.29 is 9.53 Å². The van der Waals surface area contributed by atoms with Gasteiger partial charge in [0.2, 0.25) is 0 Å². The van der Waals surface area contributed by atoms with Gasteiger partial charge in [0, 0.05) is 35.0 Å². The summed E-state index contributed by atoms with van der Waals surface area (Å²) in [4.78, 5) is 21.1. The number of hydrogen-bond acceptors (Lipinski definition) is 6. The molecule has 1 atom stereocenters. The molecule has 1 spiro atoms. The lowest BCUT2D eigenvalue weighted by molar-refractivity contribution is -0.0881. The van der Waals surface area contributed by atoms with Crippen LogP contribution in [0.3, 0.4) is 0 Å². The fourth-order valence-electron chi connectivity index (χ4n) is 4.13. The van der Waals surface area contributed by atoms with Crippen molar-refractivity contribution in [2.45, 2.75) is 18.4 Å². The summed E-state index contributed by atoms with van der Waals surface area (Å²) in [5.74, 6) is 0.514. The van der Waals surface area contributed by atoms with Gasteiger partial charge < -0.3 is 4.74 Å². The number of anilines is 1. The molecule has 0 aliphatic carbocycles. The zero-order valence-electron chi connectivity index (χ0n) is 12.6. The Kier molecular flexibility index (Phi) is 3.05. The molecule has 0 radical (unpaired) electrons. The topological polar surface area (TPSA) is 45.7 Å². The van der Waals surface area contributed by atoms with Crippen LogP contribution in [-0.4, -0.2) is 47.8 Å². The number of fused-ring (bicyclic) bond motifs is 2. The minimum absolute atomic E-state index is 0.189. The summed E-state index contributed by atoms with van der Waals surface area (Å²) in [6, 6.07) is 2.06. The number of piperidine rings is 3. The van der Waals surface area contributed by atoms with Crippen molar-refractivity contribution in [1.82, 2.24) is 9.88 Å². The second-order valence-electron chi connectivity index (χ2n) is 6.58. The van der Waals surface area contributed by atoms with Crippen LogP contribution in [0.1, 0.15) is 12.8 Å². The van der Waals surface area contributed by atoms with Gasteiger partial charge in [0.15, 0.2) is 0 Å². The summed E-state index contributed by atoms with van der Waals surface area (Å²) in [6.45, 7) is 3.88. The molecule has 4 saturated heterocycles. The SMILES string of the molecule is O=C1OC2(CN3CCC2CC3)CN1c1cc(-c2nccs2)cs1. The molecule has 0 N–H and O–H groups in total. The number of thiazole rings is 1. The van der Waals surface area contributed by atoms with Gasteiger partial charge in [-0.1, -0.05) is 0 Å². The average molecular weight is 347 g/mol. The minimum Gasteiger partial charge on any atom is -0.439 e. The van der Waals surface area contributed by atoms with Crippen LogP contribution in [0, 0.1) is 5.92 Å². The van der Waals surface area contributed by atoms with Crippen LogP contribution in [0.4, 0.5) is 9.80 Å². The predicted molar refractivity (Wildman–Crippen MR) is 91.1 cm³/mol. The summed E-state index contributed by atoms with van der Waals surface area (Å²) in [5, 5.41) is 6.01. The first kappa shape index (κ1) is 13.9. The van der Waals surface area contributed by atoms with E-state index in [-0.39, 0.29) is 11.7 Å². The number of carbonyl (C=O) groups is 1. The molecule has 2 bridgehead atoms. The summed E-state index contributed by atoms with van der Waals surface area (Å²) >= 11 is 3.21. The Bertz CT molecular complexity index is 736. The largest absolute Gasteiger partial charge is 0.439 e. The van der Waals surface area contributed by atoms with Crippen molar-refractivity contribution >= 4 is 33.8 Å². The normalized spacial score (nSPS) is 32.7. The van der Waals surface area contributed by atoms with Gasteiger partial charge in [-0.25, -0.2) is 9.78 Å². The molecule has 1 unspecified atom stereocenters. The van der Waals surface area contributed by atoms with E-state index in [1.54, 1.807) is 22.7 Å². The van der Waals surface area contributed by atoms with E-state index in [0.29, 0.717) is 12.5 Å². The number of hydrogen-bond donors (Lipinski definition) is 0. The molecule has 0 saturated carbocycles. The first-order chi connectivity index (χ1) is 11.2. The molecular formula is C16H17N3O2S2. The van der Waals surface area contributed by atoms with Crippen molar-refractivity contribution in [2.75, 3.05) is 31.1 Å². The summed E-state index contributed by atoms with van der Waals surface area (Å²) in [7, 11) is 0. The molecule has 4 fully saturated rings. The van der Waals surface area contributed by atoms with Gasteiger partial charge in [-0.3, -0.25) is 9.80 Å². The Morgan fingerprint density at radius 2 is 2.13 bits per heavy atom. The van der Waals surface area contributed by atoms with Crippen molar-refractivity contribution in [3.05, 3.63) is 23.0 Å². The van der Waals surface area contributed by atoms with Gasteiger partial charge in [0.05, 0.1) is 6.54 Å². The lowest BCUT2D eigenvalue weighted by atomic mass is 9.75. The van der Waals surface area contributed by atoms with Crippen LogP contribution in [0.25, 0.3) is 10.6 Å². The Morgan fingerprint density at radius 1 is 1.26 bits per heavy atom. The van der Waals surface area contributed by atoms with E-state index in [0.717, 1.165) is 48.0 Å². The van der Waals surface area contributed by atoms with Crippen LogP contribution >= 0.6 is 22.7 Å². The van der Waals surface area contributed by atoms with E-state index in [2.05, 4.69) is 21.3 Å². The third-order valence-electron chi connectivity index (χ3n) is 5.29. The maximum Gasteiger partial charge on any atom is 0.415 e. The zero-order valence-corrected chi connectivity index (χ0v) is 14.2. The summed E-state index contributed by atoms with van der Waals surface area (Å²) in [6.07, 6.45) is 3.92. The Balaban J connectivity index is 1.43. The number of aromatic nitrogens is 1. The molecule has 5 nitrogen and oxygen atoms in total. The first-order valence-corrected chi connectivity index (χ1v) is 9.71. The van der Waals surface area contributed by atoms with Gasteiger partial charge in [-0.05, 0) is 32.0 Å². The van der Waals surface area contributed by atoms with Gasteiger partial charge >= 0.3 is 6.09 Å². The molecule has 6 heterocycles. The maximum absolute atomic E-state index is 12.5. The van der Waals surface area contributed by atoms with E-state index < -0.39 is 0 Å². The zero-order chi connectivity index (χ0) is 15.4. The second kappa shape index (κ2) is 5.03. The molecule has 2 aromatic rings. The van der Waals surface area contributed by atoms with Gasteiger partial charge in [0.1, 0.15) is 15.6 Å². The highest BCUT2D eigenvalue weighted by Crippen LogP contribution is 2.44. The minimum atomic E-state index is -0.293. The van der Waals surface area contributed by atoms with E-state index in [1.165, 1.54) is 0 Å². The molecule has 23 heavy (non-hydrogen) atoms. The Hall–Kier alpha value is -1.44. The van der Waals surface area contributed by atoms with E-state index in [4.69, 9.17) is 4.74 Å². The smallest absolute Gasteiger partial charge is 0.415 e. The molecule has 6 rings (SSSR count). The highest BCUT2D eigenvalue weighted by molar-refractivity contribution is 7.16. The van der Waals surface area contributed by atoms with E-state index in [1.807, 2.05) is 16.5 Å². The van der Waals surface area contributed by atoms with Gasteiger partial charge in [-0.15, -0.1) is 22.7 Å². The number of amides is 1. The third kappa shape index (κ3) is 2.14. The van der Waals surface area contributed by atoms with Gasteiger partial charge in [0.25, 0.3) is 0 Å². The fraction of sp³-hybridized carbons (Fsp3) is 0.500. The number of carbonyl (C=O) groups excluding carboxylic acids is 1. The van der Waals surface area contributed by atoms with Gasteiger partial charge in [-0.2, -0.15) is 0 Å². The molecule has 4 aliphatic rings. The fourth-order valence-corrected chi connectivity index (χ4v) is 5.72. The molecule has 4 aliphatic heterocycles. The van der Waals surface area contributed by atoms with Crippen LogP contribution < -0.4 is 4.90 Å². The van der Waals surface area contributed by atoms with Crippen molar-refractivity contribution in [3.8, 4) is 10.6 Å². The van der Waals surface area contributed by atoms with E-state index in [9.17, 15) is 4.79 Å². The van der Waals surface area contributed by atoms with E-state index >= 15 is 0 Å². The highest BCUT2D eigenvalue weighted by Gasteiger charge is 2.55. The molecule has 7 heteroatoms. The number of rotatable bonds is 2. The van der Waals surface area contributed by atoms with Crippen LogP contribution in [0.15, 0.2) is 23.0 Å². The second-order valence-corrected chi connectivity index (χ2v) is 8.36. The van der Waals surface area contributed by atoms with Crippen molar-refractivity contribution in [2.24, 2.45) is 5.92 Å². The third-order valence-corrected chi connectivity index (χ3v) is 7.06. The maximum atomic E-state index is 12.5. The summed E-state index contributed by atoms with van der Waals surface area (Å²) in [5.41, 5.74) is 0.793. The van der Waals surface area contributed by atoms with Crippen LogP contribution in [-0.2, 0) is 4.74 Å². The predicted octanol–water partition coefficient (Wildman–Crippen LogP) is 3.29.